The number of rotatable bonds is 1. The van der Waals surface area contributed by atoms with Crippen molar-refractivity contribution in [3.05, 3.63) is 41.0 Å². The molecule has 1 unspecified atom stereocenters. The van der Waals surface area contributed by atoms with Crippen molar-refractivity contribution in [1.82, 2.24) is 0 Å². The van der Waals surface area contributed by atoms with Crippen LogP contribution in [0.25, 0.3) is 5.57 Å². The SMILES string of the molecule is CC1=C(c2ccc(C)cc2)C(=O)OC12CC1(CCCCC1)CO2. The second-order valence-electron chi connectivity index (χ2n) is 7.53. The summed E-state index contributed by atoms with van der Waals surface area (Å²) < 4.78 is 12.0. The summed E-state index contributed by atoms with van der Waals surface area (Å²) in [5.41, 5.74) is 3.98. The standard InChI is InChI=1S/C20H24O3/c1-14-6-8-16(9-7-14)17-15(2)20(23-18(17)21)12-19(13-22-20)10-4-3-5-11-19/h6-9H,3-5,10-13H2,1-2H3. The van der Waals surface area contributed by atoms with Crippen LogP contribution in [0.3, 0.4) is 0 Å². The number of hydrogen-bond acceptors (Lipinski definition) is 3. The average molecular weight is 312 g/mol. The maximum Gasteiger partial charge on any atom is 0.341 e. The van der Waals surface area contributed by atoms with E-state index in [1.165, 1.54) is 37.7 Å². The van der Waals surface area contributed by atoms with Crippen LogP contribution in [0.15, 0.2) is 29.8 Å². The Labute approximate surface area is 137 Å². The molecule has 1 atom stereocenters. The summed E-state index contributed by atoms with van der Waals surface area (Å²) in [6.07, 6.45) is 7.06. The molecule has 3 aliphatic rings. The highest BCUT2D eigenvalue weighted by Crippen LogP contribution is 2.55. The van der Waals surface area contributed by atoms with Gasteiger partial charge in [-0.25, -0.2) is 4.79 Å². The molecular formula is C20H24O3. The van der Waals surface area contributed by atoms with Gasteiger partial charge in [0.1, 0.15) is 0 Å². The largest absolute Gasteiger partial charge is 0.425 e. The van der Waals surface area contributed by atoms with Crippen molar-refractivity contribution in [3.63, 3.8) is 0 Å². The Balaban J connectivity index is 1.69. The van der Waals surface area contributed by atoms with Gasteiger partial charge in [0, 0.05) is 17.4 Å². The molecular weight excluding hydrogens is 288 g/mol. The fraction of sp³-hybridized carbons (Fsp3) is 0.550. The molecule has 0 N–H and O–H groups in total. The van der Waals surface area contributed by atoms with Gasteiger partial charge in [0.15, 0.2) is 0 Å². The zero-order valence-corrected chi connectivity index (χ0v) is 14.0. The van der Waals surface area contributed by atoms with Crippen molar-refractivity contribution in [1.29, 1.82) is 0 Å². The van der Waals surface area contributed by atoms with E-state index >= 15 is 0 Å². The molecule has 1 aromatic rings. The van der Waals surface area contributed by atoms with E-state index in [2.05, 4.69) is 0 Å². The monoisotopic (exact) mass is 312 g/mol. The molecule has 0 aromatic heterocycles. The first-order chi connectivity index (χ1) is 11.0. The molecule has 1 aromatic carbocycles. The van der Waals surface area contributed by atoms with Gasteiger partial charge in [0.05, 0.1) is 12.2 Å². The second-order valence-corrected chi connectivity index (χ2v) is 7.53. The summed E-state index contributed by atoms with van der Waals surface area (Å²) >= 11 is 0. The van der Waals surface area contributed by atoms with E-state index < -0.39 is 5.79 Å². The van der Waals surface area contributed by atoms with Gasteiger partial charge < -0.3 is 9.47 Å². The van der Waals surface area contributed by atoms with Crippen molar-refractivity contribution in [2.24, 2.45) is 5.41 Å². The number of esters is 1. The Morgan fingerprint density at radius 3 is 2.39 bits per heavy atom. The van der Waals surface area contributed by atoms with Gasteiger partial charge in [0.2, 0.25) is 5.79 Å². The topological polar surface area (TPSA) is 35.5 Å². The molecule has 2 heterocycles. The summed E-state index contributed by atoms with van der Waals surface area (Å²) in [7, 11) is 0. The fourth-order valence-electron chi connectivity index (χ4n) is 4.47. The van der Waals surface area contributed by atoms with Crippen LogP contribution in [-0.2, 0) is 14.3 Å². The van der Waals surface area contributed by atoms with Crippen LogP contribution in [0, 0.1) is 12.3 Å². The van der Waals surface area contributed by atoms with E-state index in [-0.39, 0.29) is 11.4 Å². The van der Waals surface area contributed by atoms with Crippen molar-refractivity contribution in [2.45, 2.75) is 58.2 Å². The van der Waals surface area contributed by atoms with Crippen LogP contribution in [0.2, 0.25) is 0 Å². The summed E-state index contributed by atoms with van der Waals surface area (Å²) in [4.78, 5) is 12.5. The summed E-state index contributed by atoms with van der Waals surface area (Å²) in [6.45, 7) is 4.77. The Hall–Kier alpha value is -1.61. The molecule has 1 saturated carbocycles. The molecule has 4 rings (SSSR count). The summed E-state index contributed by atoms with van der Waals surface area (Å²) in [5.74, 6) is -1.05. The third kappa shape index (κ3) is 2.33. The highest BCUT2D eigenvalue weighted by Gasteiger charge is 2.57. The molecule has 2 aliphatic heterocycles. The van der Waals surface area contributed by atoms with Crippen LogP contribution >= 0.6 is 0 Å². The number of aryl methyl sites for hydroxylation is 1. The molecule has 3 heteroatoms. The summed E-state index contributed by atoms with van der Waals surface area (Å²) in [5, 5.41) is 0. The Morgan fingerprint density at radius 2 is 1.70 bits per heavy atom. The van der Waals surface area contributed by atoms with E-state index in [9.17, 15) is 4.79 Å². The Morgan fingerprint density at radius 1 is 1.00 bits per heavy atom. The van der Waals surface area contributed by atoms with E-state index in [4.69, 9.17) is 9.47 Å². The lowest BCUT2D eigenvalue weighted by molar-refractivity contribution is -0.184. The van der Waals surface area contributed by atoms with E-state index in [0.717, 1.165) is 24.2 Å². The van der Waals surface area contributed by atoms with Gasteiger partial charge in [0.25, 0.3) is 0 Å². The van der Waals surface area contributed by atoms with Gasteiger partial charge in [-0.1, -0.05) is 49.1 Å². The molecule has 122 valence electrons. The van der Waals surface area contributed by atoms with Gasteiger partial charge >= 0.3 is 5.97 Å². The second kappa shape index (κ2) is 5.20. The lowest BCUT2D eigenvalue weighted by Crippen LogP contribution is -2.32. The minimum Gasteiger partial charge on any atom is -0.425 e. The van der Waals surface area contributed by atoms with Crippen molar-refractivity contribution in [3.8, 4) is 0 Å². The average Bonchev–Trinajstić information content (AvgIpc) is 3.00. The van der Waals surface area contributed by atoms with Crippen molar-refractivity contribution in [2.75, 3.05) is 6.61 Å². The van der Waals surface area contributed by atoms with Gasteiger partial charge in [-0.3, -0.25) is 0 Å². The molecule has 23 heavy (non-hydrogen) atoms. The molecule has 0 amide bonds. The lowest BCUT2D eigenvalue weighted by Gasteiger charge is -2.32. The first-order valence-corrected chi connectivity index (χ1v) is 8.69. The van der Waals surface area contributed by atoms with Crippen LogP contribution < -0.4 is 0 Å². The smallest absolute Gasteiger partial charge is 0.341 e. The normalized spacial score (nSPS) is 29.6. The summed E-state index contributed by atoms with van der Waals surface area (Å²) in [6, 6.07) is 8.07. The van der Waals surface area contributed by atoms with E-state index in [0.29, 0.717) is 5.57 Å². The number of carbonyl (C=O) groups is 1. The number of carbonyl (C=O) groups excluding carboxylic acids is 1. The first-order valence-electron chi connectivity index (χ1n) is 8.69. The van der Waals surface area contributed by atoms with Gasteiger partial charge in [-0.15, -0.1) is 0 Å². The number of benzene rings is 1. The minimum absolute atomic E-state index is 0.211. The number of hydrogen-bond donors (Lipinski definition) is 0. The molecule has 1 saturated heterocycles. The van der Waals surface area contributed by atoms with Crippen LogP contribution in [0.4, 0.5) is 0 Å². The molecule has 3 nitrogen and oxygen atoms in total. The Kier molecular flexibility index (Phi) is 3.38. The maximum absolute atomic E-state index is 12.5. The third-order valence-electron chi connectivity index (χ3n) is 5.88. The highest BCUT2D eigenvalue weighted by atomic mass is 16.7. The molecule has 0 bridgehead atoms. The van der Waals surface area contributed by atoms with E-state index in [1.807, 2.05) is 38.1 Å². The Bertz CT molecular complexity index is 665. The number of ether oxygens (including phenoxy) is 2. The third-order valence-corrected chi connectivity index (χ3v) is 5.88. The minimum atomic E-state index is -0.811. The highest BCUT2D eigenvalue weighted by molar-refractivity contribution is 6.19. The first kappa shape index (κ1) is 14.9. The zero-order valence-electron chi connectivity index (χ0n) is 14.0. The maximum atomic E-state index is 12.5. The van der Waals surface area contributed by atoms with Crippen molar-refractivity contribution >= 4 is 11.5 Å². The predicted octanol–water partition coefficient (Wildman–Crippen LogP) is 4.39. The lowest BCUT2D eigenvalue weighted by atomic mass is 9.71. The zero-order chi connectivity index (χ0) is 16.1. The van der Waals surface area contributed by atoms with Crippen molar-refractivity contribution < 1.29 is 14.3 Å². The molecule has 0 radical (unpaired) electrons. The molecule has 2 spiro atoms. The van der Waals surface area contributed by atoms with Gasteiger partial charge in [-0.2, -0.15) is 0 Å². The fourth-order valence-corrected chi connectivity index (χ4v) is 4.47. The predicted molar refractivity (Wildman–Crippen MR) is 88.7 cm³/mol. The molecule has 1 aliphatic carbocycles. The van der Waals surface area contributed by atoms with Crippen LogP contribution in [0.5, 0.6) is 0 Å². The van der Waals surface area contributed by atoms with E-state index in [1.54, 1.807) is 0 Å². The van der Waals surface area contributed by atoms with Crippen LogP contribution in [0.1, 0.15) is 56.6 Å². The van der Waals surface area contributed by atoms with Gasteiger partial charge in [-0.05, 0) is 32.3 Å². The quantitative estimate of drug-likeness (QED) is 0.721. The van der Waals surface area contributed by atoms with Crippen LogP contribution in [-0.4, -0.2) is 18.4 Å². The molecule has 2 fully saturated rings.